The van der Waals surface area contributed by atoms with E-state index < -0.39 is 5.97 Å². The minimum Gasteiger partial charge on any atom is -0.490 e. The normalized spacial score (nSPS) is 15.6. The third-order valence-electron chi connectivity index (χ3n) is 4.76. The maximum Gasteiger partial charge on any atom is 0.363 e. The van der Waals surface area contributed by atoms with Crippen LogP contribution in [0.5, 0.6) is 23.0 Å². The summed E-state index contributed by atoms with van der Waals surface area (Å²) < 4.78 is 27.7. The van der Waals surface area contributed by atoms with Crippen LogP contribution in [0, 0.1) is 0 Å². The van der Waals surface area contributed by atoms with E-state index in [9.17, 15) is 4.79 Å². The highest BCUT2D eigenvalue weighted by molar-refractivity contribution is 7.09. The van der Waals surface area contributed by atoms with E-state index in [1.54, 1.807) is 35.6 Å². The molecule has 0 spiro atoms. The highest BCUT2D eigenvalue weighted by atomic mass is 32.1. The van der Waals surface area contributed by atoms with Gasteiger partial charge in [0.15, 0.2) is 28.7 Å². The molecular weight excluding hydrogens is 430 g/mol. The maximum atomic E-state index is 12.4. The molecule has 0 saturated carbocycles. The van der Waals surface area contributed by atoms with Gasteiger partial charge in [0.05, 0.1) is 6.61 Å². The van der Waals surface area contributed by atoms with Gasteiger partial charge in [0, 0.05) is 10.4 Å². The maximum absolute atomic E-state index is 12.4. The second kappa shape index (κ2) is 8.76. The van der Waals surface area contributed by atoms with Gasteiger partial charge in [-0.05, 0) is 60.3 Å². The van der Waals surface area contributed by atoms with Crippen LogP contribution < -0.4 is 18.9 Å². The number of cyclic esters (lactones) is 1. The lowest BCUT2D eigenvalue weighted by atomic mass is 10.1. The highest BCUT2D eigenvalue weighted by Crippen LogP contribution is 2.34. The number of aliphatic imine (C=N–C) groups is 1. The lowest BCUT2D eigenvalue weighted by Crippen LogP contribution is -2.05. The fourth-order valence-electron chi connectivity index (χ4n) is 3.27. The summed E-state index contributed by atoms with van der Waals surface area (Å²) in [7, 11) is 0. The molecule has 2 aliphatic rings. The number of hydrogen-bond donors (Lipinski definition) is 0. The number of thiophene rings is 1. The molecule has 3 heterocycles. The summed E-state index contributed by atoms with van der Waals surface area (Å²) in [5.74, 6) is 2.19. The largest absolute Gasteiger partial charge is 0.490 e. The van der Waals surface area contributed by atoms with E-state index in [4.69, 9.17) is 23.7 Å². The average molecular weight is 449 g/mol. The Hall–Kier alpha value is -3.78. The van der Waals surface area contributed by atoms with Gasteiger partial charge in [-0.1, -0.05) is 12.1 Å². The SMILES string of the molecule is CCOc1cc(/C=C2\N=C(c3ccc4c(c3)OCO4)OC2=O)ccc1OCc1cccs1. The molecule has 1 aromatic heterocycles. The molecular formula is C24H19NO6S. The monoisotopic (exact) mass is 449 g/mol. The van der Waals surface area contributed by atoms with Crippen molar-refractivity contribution in [2.45, 2.75) is 13.5 Å². The molecule has 162 valence electrons. The van der Waals surface area contributed by atoms with Crippen LogP contribution in [0.1, 0.15) is 22.9 Å². The van der Waals surface area contributed by atoms with E-state index >= 15 is 0 Å². The number of fused-ring (bicyclic) bond motifs is 1. The second-order valence-corrected chi connectivity index (χ2v) is 7.94. The van der Waals surface area contributed by atoms with Crippen LogP contribution in [0.2, 0.25) is 0 Å². The predicted octanol–water partition coefficient (Wildman–Crippen LogP) is 4.80. The molecule has 7 nitrogen and oxygen atoms in total. The van der Waals surface area contributed by atoms with Crippen molar-refractivity contribution in [3.05, 3.63) is 75.6 Å². The van der Waals surface area contributed by atoms with Crippen molar-refractivity contribution in [1.82, 2.24) is 0 Å². The zero-order chi connectivity index (χ0) is 21.9. The van der Waals surface area contributed by atoms with E-state index in [0.717, 1.165) is 10.4 Å². The minimum absolute atomic E-state index is 0.172. The molecule has 0 saturated heterocycles. The standard InChI is InChI=1S/C24H19NO6S/c1-2-27-21-11-15(5-7-19(21)28-13-17-4-3-9-32-17)10-18-24(26)31-23(25-18)16-6-8-20-22(12-16)30-14-29-20/h3-12H,2,13-14H2,1H3/b18-10-. The van der Waals surface area contributed by atoms with Crippen LogP contribution >= 0.6 is 11.3 Å². The first-order valence-corrected chi connectivity index (χ1v) is 10.9. The molecule has 2 aliphatic heterocycles. The summed E-state index contributed by atoms with van der Waals surface area (Å²) in [6, 6.07) is 14.8. The van der Waals surface area contributed by atoms with Gasteiger partial charge in [0.2, 0.25) is 12.7 Å². The van der Waals surface area contributed by atoms with Crippen LogP contribution in [0.25, 0.3) is 6.08 Å². The number of esters is 1. The molecule has 0 bridgehead atoms. The number of carbonyl (C=O) groups is 1. The van der Waals surface area contributed by atoms with Gasteiger partial charge >= 0.3 is 5.97 Å². The topological polar surface area (TPSA) is 75.6 Å². The van der Waals surface area contributed by atoms with Gasteiger partial charge in [-0.25, -0.2) is 9.79 Å². The van der Waals surface area contributed by atoms with Gasteiger partial charge in [-0.2, -0.15) is 0 Å². The van der Waals surface area contributed by atoms with Crippen LogP contribution in [0.15, 0.2) is 64.6 Å². The van der Waals surface area contributed by atoms with E-state index in [0.29, 0.717) is 41.8 Å². The molecule has 0 amide bonds. The Labute approximate surface area is 188 Å². The first-order valence-electron chi connectivity index (χ1n) is 10.0. The van der Waals surface area contributed by atoms with Crippen molar-refractivity contribution in [3.63, 3.8) is 0 Å². The Morgan fingerprint density at radius 1 is 1.06 bits per heavy atom. The number of hydrogen-bond acceptors (Lipinski definition) is 8. The lowest BCUT2D eigenvalue weighted by Gasteiger charge is -2.12. The third-order valence-corrected chi connectivity index (χ3v) is 5.61. The van der Waals surface area contributed by atoms with Gasteiger partial charge in [0.25, 0.3) is 0 Å². The first-order chi connectivity index (χ1) is 15.7. The molecule has 2 aromatic carbocycles. The van der Waals surface area contributed by atoms with Crippen LogP contribution in [0.3, 0.4) is 0 Å². The highest BCUT2D eigenvalue weighted by Gasteiger charge is 2.26. The van der Waals surface area contributed by atoms with Crippen LogP contribution in [0.4, 0.5) is 0 Å². The zero-order valence-electron chi connectivity index (χ0n) is 17.2. The van der Waals surface area contributed by atoms with Crippen molar-refractivity contribution in [1.29, 1.82) is 0 Å². The molecule has 0 radical (unpaired) electrons. The minimum atomic E-state index is -0.520. The number of rotatable bonds is 7. The second-order valence-electron chi connectivity index (χ2n) is 6.91. The first kappa shape index (κ1) is 20.1. The zero-order valence-corrected chi connectivity index (χ0v) is 18.0. The van der Waals surface area contributed by atoms with Crippen molar-refractivity contribution < 1.29 is 28.5 Å². The number of ether oxygens (including phenoxy) is 5. The number of nitrogens with zero attached hydrogens (tertiary/aromatic N) is 1. The Bertz CT molecular complexity index is 1220. The van der Waals surface area contributed by atoms with Crippen LogP contribution in [-0.4, -0.2) is 25.3 Å². The number of benzene rings is 2. The Morgan fingerprint density at radius 2 is 1.97 bits per heavy atom. The van der Waals surface area contributed by atoms with Gasteiger partial charge in [0.1, 0.15) is 6.61 Å². The van der Waals surface area contributed by atoms with Gasteiger partial charge in [-0.15, -0.1) is 11.3 Å². The lowest BCUT2D eigenvalue weighted by molar-refractivity contribution is -0.129. The van der Waals surface area contributed by atoms with Crippen molar-refractivity contribution in [2.75, 3.05) is 13.4 Å². The van der Waals surface area contributed by atoms with Gasteiger partial charge < -0.3 is 23.7 Å². The Balaban J connectivity index is 1.38. The molecule has 5 rings (SSSR count). The molecule has 8 heteroatoms. The third kappa shape index (κ3) is 4.17. The van der Waals surface area contributed by atoms with E-state index in [1.807, 2.05) is 42.6 Å². The molecule has 0 fully saturated rings. The quantitative estimate of drug-likeness (QED) is 0.381. The summed E-state index contributed by atoms with van der Waals surface area (Å²) in [5, 5.41) is 2.01. The van der Waals surface area contributed by atoms with Crippen molar-refractivity contribution in [3.8, 4) is 23.0 Å². The van der Waals surface area contributed by atoms with Crippen LogP contribution in [-0.2, 0) is 16.1 Å². The van der Waals surface area contributed by atoms with Crippen molar-refractivity contribution >= 4 is 29.3 Å². The summed E-state index contributed by atoms with van der Waals surface area (Å²) in [4.78, 5) is 17.9. The molecule has 0 atom stereocenters. The smallest absolute Gasteiger partial charge is 0.363 e. The van der Waals surface area contributed by atoms with E-state index in [2.05, 4.69) is 4.99 Å². The molecule has 0 aliphatic carbocycles. The van der Waals surface area contributed by atoms with E-state index in [1.165, 1.54) is 0 Å². The summed E-state index contributed by atoms with van der Waals surface area (Å²) in [6.07, 6.45) is 1.66. The van der Waals surface area contributed by atoms with Crippen molar-refractivity contribution in [2.24, 2.45) is 4.99 Å². The molecule has 32 heavy (non-hydrogen) atoms. The molecule has 3 aromatic rings. The average Bonchev–Trinajstić information content (AvgIpc) is 3.55. The Morgan fingerprint density at radius 3 is 2.81 bits per heavy atom. The summed E-state index contributed by atoms with van der Waals surface area (Å²) >= 11 is 1.63. The van der Waals surface area contributed by atoms with Gasteiger partial charge in [-0.3, -0.25) is 0 Å². The molecule has 0 N–H and O–H groups in total. The molecule has 0 unspecified atom stereocenters. The Kier molecular flexibility index (Phi) is 5.51. The summed E-state index contributed by atoms with van der Waals surface area (Å²) in [6.45, 7) is 3.04. The predicted molar refractivity (Wildman–Crippen MR) is 119 cm³/mol. The van der Waals surface area contributed by atoms with E-state index in [-0.39, 0.29) is 18.4 Å². The number of carbonyl (C=O) groups excluding carboxylic acids is 1. The fourth-order valence-corrected chi connectivity index (χ4v) is 3.88. The fraction of sp³-hybridized carbons (Fsp3) is 0.167. The summed E-state index contributed by atoms with van der Waals surface area (Å²) in [5.41, 5.74) is 1.59.